The topological polar surface area (TPSA) is 95.9 Å². The smallest absolute Gasteiger partial charge is 0.228 e. The summed E-state index contributed by atoms with van der Waals surface area (Å²) in [6.45, 7) is 1.04. The fraction of sp³-hybridized carbons (Fsp3) is 0.211. The molecular formula is C19H18FN7O. The molecule has 1 aromatic carbocycles. The highest BCUT2D eigenvalue weighted by atomic mass is 19.1. The molecule has 0 aliphatic carbocycles. The Labute approximate surface area is 160 Å². The van der Waals surface area contributed by atoms with Crippen molar-refractivity contribution < 1.29 is 9.18 Å². The minimum Gasteiger partial charge on any atom is -0.350 e. The van der Waals surface area contributed by atoms with Crippen LogP contribution in [0.25, 0.3) is 0 Å². The third-order valence-corrected chi connectivity index (χ3v) is 4.25. The molecule has 2 N–H and O–H groups in total. The van der Waals surface area contributed by atoms with Gasteiger partial charge in [0, 0.05) is 38.0 Å². The van der Waals surface area contributed by atoms with Gasteiger partial charge in [0.1, 0.15) is 23.3 Å². The lowest BCUT2D eigenvalue weighted by atomic mass is 10.2. The van der Waals surface area contributed by atoms with Crippen molar-refractivity contribution in [3.63, 3.8) is 0 Å². The second-order valence-corrected chi connectivity index (χ2v) is 6.28. The summed E-state index contributed by atoms with van der Waals surface area (Å²) in [5.74, 6) is 1.65. The van der Waals surface area contributed by atoms with Crippen LogP contribution < -0.4 is 15.5 Å². The molecule has 3 aromatic rings. The fourth-order valence-electron chi connectivity index (χ4n) is 2.88. The molecule has 0 atom stereocenters. The van der Waals surface area contributed by atoms with Gasteiger partial charge in [-0.1, -0.05) is 12.1 Å². The zero-order valence-electron chi connectivity index (χ0n) is 15.0. The minimum absolute atomic E-state index is 0.0358. The first-order chi connectivity index (χ1) is 13.7. The van der Waals surface area contributed by atoms with E-state index < -0.39 is 0 Å². The van der Waals surface area contributed by atoms with Crippen molar-refractivity contribution >= 4 is 29.3 Å². The number of nitrogens with zero attached hydrogens (tertiary/aromatic N) is 5. The molecule has 0 saturated carbocycles. The number of anilines is 4. The summed E-state index contributed by atoms with van der Waals surface area (Å²) >= 11 is 0. The molecule has 1 saturated heterocycles. The number of carbonyl (C=O) groups is 1. The SMILES string of the molecule is O=C1CCCN1c1cc(Nc2cnccn2)nc(NCc2ccc(F)cc2)n1. The lowest BCUT2D eigenvalue weighted by Gasteiger charge is -2.17. The summed E-state index contributed by atoms with van der Waals surface area (Å²) in [7, 11) is 0. The molecule has 1 amide bonds. The Morgan fingerprint density at radius 1 is 1.11 bits per heavy atom. The van der Waals surface area contributed by atoms with Crippen molar-refractivity contribution in [1.82, 2.24) is 19.9 Å². The Balaban J connectivity index is 1.59. The molecule has 28 heavy (non-hydrogen) atoms. The Bertz CT molecular complexity index is 966. The Hall–Kier alpha value is -3.62. The van der Waals surface area contributed by atoms with Gasteiger partial charge >= 0.3 is 0 Å². The van der Waals surface area contributed by atoms with Gasteiger partial charge in [0.2, 0.25) is 11.9 Å². The molecule has 4 rings (SSSR count). The number of hydrogen-bond acceptors (Lipinski definition) is 7. The molecular weight excluding hydrogens is 361 g/mol. The number of amides is 1. The van der Waals surface area contributed by atoms with Crippen molar-refractivity contribution in [2.24, 2.45) is 0 Å². The van der Waals surface area contributed by atoms with Crippen molar-refractivity contribution in [1.29, 1.82) is 0 Å². The molecule has 0 spiro atoms. The second kappa shape index (κ2) is 7.95. The van der Waals surface area contributed by atoms with Gasteiger partial charge in [-0.15, -0.1) is 0 Å². The summed E-state index contributed by atoms with van der Waals surface area (Å²) in [6, 6.07) is 7.89. The van der Waals surface area contributed by atoms with Crippen LogP contribution in [0.5, 0.6) is 0 Å². The van der Waals surface area contributed by atoms with Crippen LogP contribution in [0.3, 0.4) is 0 Å². The third kappa shape index (κ3) is 4.20. The maximum atomic E-state index is 13.1. The Morgan fingerprint density at radius 2 is 1.96 bits per heavy atom. The maximum absolute atomic E-state index is 13.1. The average Bonchev–Trinajstić information content (AvgIpc) is 3.14. The van der Waals surface area contributed by atoms with Gasteiger partial charge in [-0.2, -0.15) is 9.97 Å². The van der Waals surface area contributed by atoms with E-state index in [2.05, 4.69) is 30.6 Å². The molecule has 9 heteroatoms. The number of carbonyl (C=O) groups excluding carboxylic acids is 1. The van der Waals surface area contributed by atoms with Gasteiger partial charge in [0.15, 0.2) is 0 Å². The minimum atomic E-state index is -0.287. The fourth-order valence-corrected chi connectivity index (χ4v) is 2.88. The number of halogens is 1. The van der Waals surface area contributed by atoms with E-state index in [0.717, 1.165) is 12.0 Å². The molecule has 0 radical (unpaired) electrons. The van der Waals surface area contributed by atoms with Gasteiger partial charge in [0.05, 0.1) is 6.20 Å². The van der Waals surface area contributed by atoms with Crippen LogP contribution in [0.4, 0.5) is 27.8 Å². The van der Waals surface area contributed by atoms with Gasteiger partial charge in [0.25, 0.3) is 0 Å². The van der Waals surface area contributed by atoms with Crippen LogP contribution in [0.15, 0.2) is 48.9 Å². The molecule has 8 nitrogen and oxygen atoms in total. The Morgan fingerprint density at radius 3 is 2.68 bits per heavy atom. The molecule has 142 valence electrons. The molecule has 2 aromatic heterocycles. The summed E-state index contributed by atoms with van der Waals surface area (Å²) in [5.41, 5.74) is 0.885. The maximum Gasteiger partial charge on any atom is 0.228 e. The highest BCUT2D eigenvalue weighted by Gasteiger charge is 2.24. The first-order valence-corrected chi connectivity index (χ1v) is 8.88. The zero-order valence-corrected chi connectivity index (χ0v) is 15.0. The van der Waals surface area contributed by atoms with E-state index in [9.17, 15) is 9.18 Å². The first-order valence-electron chi connectivity index (χ1n) is 8.88. The quantitative estimate of drug-likeness (QED) is 0.680. The predicted octanol–water partition coefficient (Wildman–Crippen LogP) is 2.89. The molecule has 3 heterocycles. The van der Waals surface area contributed by atoms with Gasteiger partial charge in [-0.25, -0.2) is 9.37 Å². The van der Waals surface area contributed by atoms with Crippen molar-refractivity contribution in [2.75, 3.05) is 22.1 Å². The van der Waals surface area contributed by atoms with E-state index in [1.165, 1.54) is 12.1 Å². The highest BCUT2D eigenvalue weighted by molar-refractivity contribution is 5.94. The van der Waals surface area contributed by atoms with E-state index in [1.54, 1.807) is 41.7 Å². The standard InChI is InChI=1S/C19H18FN7O/c20-14-5-3-13(4-6-14)11-23-19-25-15(24-16-12-21-7-8-22-16)10-17(26-19)27-9-1-2-18(27)28/h3-8,10,12H,1-2,9,11H2,(H2,22,23,24,25,26). The van der Waals surface area contributed by atoms with Crippen LogP contribution in [0, 0.1) is 5.82 Å². The summed E-state index contributed by atoms with van der Waals surface area (Å²) in [6.07, 6.45) is 6.04. The lowest BCUT2D eigenvalue weighted by Crippen LogP contribution is -2.25. The van der Waals surface area contributed by atoms with Crippen LogP contribution in [-0.4, -0.2) is 32.4 Å². The van der Waals surface area contributed by atoms with Gasteiger partial charge < -0.3 is 10.6 Å². The van der Waals surface area contributed by atoms with E-state index in [0.29, 0.717) is 42.9 Å². The third-order valence-electron chi connectivity index (χ3n) is 4.25. The molecule has 0 unspecified atom stereocenters. The van der Waals surface area contributed by atoms with Gasteiger partial charge in [-0.05, 0) is 24.1 Å². The number of aromatic nitrogens is 4. The second-order valence-electron chi connectivity index (χ2n) is 6.28. The predicted molar refractivity (Wildman–Crippen MR) is 103 cm³/mol. The largest absolute Gasteiger partial charge is 0.350 e. The first kappa shape index (κ1) is 17.8. The highest BCUT2D eigenvalue weighted by Crippen LogP contribution is 2.24. The van der Waals surface area contributed by atoms with Gasteiger partial charge in [-0.3, -0.25) is 14.7 Å². The van der Waals surface area contributed by atoms with Crippen molar-refractivity contribution in [2.45, 2.75) is 19.4 Å². The van der Waals surface area contributed by atoms with Crippen LogP contribution >= 0.6 is 0 Å². The van der Waals surface area contributed by atoms with Crippen molar-refractivity contribution in [3.8, 4) is 0 Å². The van der Waals surface area contributed by atoms with E-state index >= 15 is 0 Å². The number of nitrogens with one attached hydrogen (secondary N) is 2. The van der Waals surface area contributed by atoms with Crippen LogP contribution in [0.2, 0.25) is 0 Å². The molecule has 1 aliphatic heterocycles. The number of hydrogen-bond donors (Lipinski definition) is 2. The molecule has 1 fully saturated rings. The molecule has 1 aliphatic rings. The van der Waals surface area contributed by atoms with Crippen LogP contribution in [0.1, 0.15) is 18.4 Å². The number of benzene rings is 1. The average molecular weight is 379 g/mol. The van der Waals surface area contributed by atoms with Crippen LogP contribution in [-0.2, 0) is 11.3 Å². The summed E-state index contributed by atoms with van der Waals surface area (Å²) < 4.78 is 13.1. The Kier molecular flexibility index (Phi) is 5.05. The lowest BCUT2D eigenvalue weighted by molar-refractivity contribution is -0.117. The monoisotopic (exact) mass is 379 g/mol. The number of rotatable bonds is 6. The normalized spacial score (nSPS) is 13.6. The summed E-state index contributed by atoms with van der Waals surface area (Å²) in [5, 5.41) is 6.20. The molecule has 0 bridgehead atoms. The van der Waals surface area contributed by atoms with Crippen molar-refractivity contribution in [3.05, 3.63) is 60.3 Å². The zero-order chi connectivity index (χ0) is 19.3. The summed E-state index contributed by atoms with van der Waals surface area (Å²) in [4.78, 5) is 30.9. The van der Waals surface area contributed by atoms with E-state index in [1.807, 2.05) is 0 Å². The van der Waals surface area contributed by atoms with E-state index in [4.69, 9.17) is 0 Å². The van der Waals surface area contributed by atoms with E-state index in [-0.39, 0.29) is 11.7 Å².